The van der Waals surface area contributed by atoms with Crippen molar-refractivity contribution in [3.05, 3.63) is 36.0 Å². The van der Waals surface area contributed by atoms with Gasteiger partial charge in [-0.1, -0.05) is 0 Å². The van der Waals surface area contributed by atoms with Gasteiger partial charge in [-0.05, 0) is 12.1 Å². The zero-order valence-electron chi connectivity index (χ0n) is 7.98. The van der Waals surface area contributed by atoms with E-state index in [1.54, 1.807) is 0 Å². The van der Waals surface area contributed by atoms with Crippen molar-refractivity contribution in [2.24, 2.45) is 10.2 Å². The number of azo groups is 1. The molecule has 0 bridgehead atoms. The van der Waals surface area contributed by atoms with Gasteiger partial charge >= 0.3 is 0 Å². The van der Waals surface area contributed by atoms with Crippen LogP contribution in [0.3, 0.4) is 0 Å². The maximum Gasteiger partial charge on any atom is 0.161 e. The van der Waals surface area contributed by atoms with Gasteiger partial charge in [0.15, 0.2) is 11.6 Å². The third-order valence-corrected chi connectivity index (χ3v) is 1.82. The quantitative estimate of drug-likeness (QED) is 0.767. The number of benzene rings is 1. The molecule has 0 amide bonds. The van der Waals surface area contributed by atoms with Crippen LogP contribution in [0.1, 0.15) is 0 Å². The maximum atomic E-state index is 12.8. The minimum Gasteiger partial charge on any atom is -0.382 e. The smallest absolute Gasteiger partial charge is 0.161 e. The molecule has 82 valence electrons. The number of aromatic nitrogens is 2. The van der Waals surface area contributed by atoms with Crippen molar-refractivity contribution in [2.45, 2.75) is 0 Å². The molecule has 5 nitrogen and oxygen atoms in total. The second-order valence-electron chi connectivity index (χ2n) is 2.97. The Morgan fingerprint density at radius 1 is 1.19 bits per heavy atom. The molecule has 1 heterocycles. The number of rotatable bonds is 2. The summed E-state index contributed by atoms with van der Waals surface area (Å²) in [7, 11) is 0. The monoisotopic (exact) mass is 223 g/mol. The average Bonchev–Trinajstić information content (AvgIpc) is 2.66. The van der Waals surface area contributed by atoms with Gasteiger partial charge in [0.2, 0.25) is 0 Å². The molecular weight excluding hydrogens is 216 g/mol. The van der Waals surface area contributed by atoms with E-state index in [1.165, 1.54) is 12.3 Å². The van der Waals surface area contributed by atoms with Gasteiger partial charge in [-0.25, -0.2) is 8.78 Å². The third kappa shape index (κ3) is 2.02. The molecule has 0 saturated carbocycles. The Morgan fingerprint density at radius 3 is 2.62 bits per heavy atom. The van der Waals surface area contributed by atoms with E-state index in [0.29, 0.717) is 5.69 Å². The van der Waals surface area contributed by atoms with E-state index in [4.69, 9.17) is 5.73 Å². The van der Waals surface area contributed by atoms with Crippen molar-refractivity contribution in [1.82, 2.24) is 10.2 Å². The standard InChI is InChI=1S/C9H7F2N5/c10-6-2-1-5(3-7(6)11)14-15-8-4-13-16-9(8)12/h1-4H,(H3,12,13,16). The second kappa shape index (κ2) is 4.05. The van der Waals surface area contributed by atoms with E-state index in [1.807, 2.05) is 0 Å². The molecule has 7 heteroatoms. The Kier molecular flexibility index (Phi) is 2.59. The Morgan fingerprint density at radius 2 is 2.00 bits per heavy atom. The zero-order valence-corrected chi connectivity index (χ0v) is 7.98. The second-order valence-corrected chi connectivity index (χ2v) is 2.97. The fourth-order valence-electron chi connectivity index (χ4n) is 1.03. The highest BCUT2D eigenvalue weighted by atomic mass is 19.2. The summed E-state index contributed by atoms with van der Waals surface area (Å²) in [6.45, 7) is 0. The van der Waals surface area contributed by atoms with Gasteiger partial charge in [0.25, 0.3) is 0 Å². The summed E-state index contributed by atoms with van der Waals surface area (Å²) in [4.78, 5) is 0. The van der Waals surface area contributed by atoms with Crippen molar-refractivity contribution < 1.29 is 8.78 Å². The summed E-state index contributed by atoms with van der Waals surface area (Å²) in [5, 5.41) is 13.5. The van der Waals surface area contributed by atoms with Crippen LogP contribution in [0.5, 0.6) is 0 Å². The van der Waals surface area contributed by atoms with Crippen LogP contribution in [0.4, 0.5) is 26.0 Å². The first-order valence-electron chi connectivity index (χ1n) is 4.32. The Balaban J connectivity index is 2.24. The molecule has 0 aliphatic carbocycles. The molecule has 16 heavy (non-hydrogen) atoms. The predicted molar refractivity (Wildman–Crippen MR) is 53.5 cm³/mol. The SMILES string of the molecule is Nc1[nH]ncc1N=Nc1ccc(F)c(F)c1. The molecule has 0 aliphatic rings. The molecule has 0 spiro atoms. The summed E-state index contributed by atoms with van der Waals surface area (Å²) in [5.74, 6) is -1.65. The summed E-state index contributed by atoms with van der Waals surface area (Å²) < 4.78 is 25.4. The number of anilines is 1. The van der Waals surface area contributed by atoms with Crippen molar-refractivity contribution >= 4 is 17.2 Å². The summed E-state index contributed by atoms with van der Waals surface area (Å²) in [6, 6.07) is 3.22. The molecular formula is C9H7F2N5. The van der Waals surface area contributed by atoms with Gasteiger partial charge in [-0.3, -0.25) is 5.10 Å². The molecule has 1 aromatic heterocycles. The van der Waals surface area contributed by atoms with E-state index in [9.17, 15) is 8.78 Å². The first-order chi connectivity index (χ1) is 7.66. The number of hydrogen-bond donors (Lipinski definition) is 2. The Bertz CT molecular complexity index is 534. The van der Waals surface area contributed by atoms with Crippen LogP contribution in [0.15, 0.2) is 34.6 Å². The van der Waals surface area contributed by atoms with Gasteiger partial charge in [0.05, 0.1) is 11.9 Å². The highest BCUT2D eigenvalue weighted by Gasteiger charge is 2.02. The maximum absolute atomic E-state index is 12.8. The van der Waals surface area contributed by atoms with Gasteiger partial charge in [-0.2, -0.15) is 10.2 Å². The normalized spacial score (nSPS) is 11.1. The van der Waals surface area contributed by atoms with Gasteiger partial charge in [0.1, 0.15) is 11.5 Å². The van der Waals surface area contributed by atoms with Gasteiger partial charge < -0.3 is 5.73 Å². The number of nitrogens with zero attached hydrogens (tertiary/aromatic N) is 3. The van der Waals surface area contributed by atoms with E-state index >= 15 is 0 Å². The third-order valence-electron chi connectivity index (χ3n) is 1.82. The number of halogens is 2. The van der Waals surface area contributed by atoms with Crippen LogP contribution >= 0.6 is 0 Å². The first-order valence-corrected chi connectivity index (χ1v) is 4.32. The van der Waals surface area contributed by atoms with Crippen molar-refractivity contribution in [1.29, 1.82) is 0 Å². The fourth-order valence-corrected chi connectivity index (χ4v) is 1.03. The summed E-state index contributed by atoms with van der Waals surface area (Å²) in [5.41, 5.74) is 5.98. The molecule has 0 radical (unpaired) electrons. The molecule has 0 atom stereocenters. The molecule has 0 saturated heterocycles. The largest absolute Gasteiger partial charge is 0.382 e. The van der Waals surface area contributed by atoms with Crippen molar-refractivity contribution in [3.8, 4) is 0 Å². The number of hydrogen-bond acceptors (Lipinski definition) is 4. The topological polar surface area (TPSA) is 79.4 Å². The van der Waals surface area contributed by atoms with Crippen LogP contribution in [0.25, 0.3) is 0 Å². The lowest BCUT2D eigenvalue weighted by molar-refractivity contribution is 0.509. The molecule has 2 rings (SSSR count). The van der Waals surface area contributed by atoms with Crippen LogP contribution in [0.2, 0.25) is 0 Å². The highest BCUT2D eigenvalue weighted by Crippen LogP contribution is 2.22. The lowest BCUT2D eigenvalue weighted by Gasteiger charge is -1.94. The minimum absolute atomic E-state index is 0.194. The lowest BCUT2D eigenvalue weighted by Crippen LogP contribution is -1.83. The molecule has 3 N–H and O–H groups in total. The van der Waals surface area contributed by atoms with Crippen LogP contribution in [-0.4, -0.2) is 10.2 Å². The van der Waals surface area contributed by atoms with Gasteiger partial charge in [0, 0.05) is 6.07 Å². The number of nitrogens with one attached hydrogen (secondary N) is 1. The highest BCUT2D eigenvalue weighted by molar-refractivity contribution is 5.55. The van der Waals surface area contributed by atoms with Crippen molar-refractivity contribution in [2.75, 3.05) is 5.73 Å². The van der Waals surface area contributed by atoms with Crippen LogP contribution < -0.4 is 5.73 Å². The Hall–Kier alpha value is -2.31. The van der Waals surface area contributed by atoms with Gasteiger partial charge in [-0.15, -0.1) is 5.11 Å². The number of nitrogens with two attached hydrogens (primary N) is 1. The minimum atomic E-state index is -0.975. The predicted octanol–water partition coefficient (Wildman–Crippen LogP) is 2.69. The van der Waals surface area contributed by atoms with Crippen LogP contribution in [0, 0.1) is 11.6 Å². The van der Waals surface area contributed by atoms with Crippen LogP contribution in [-0.2, 0) is 0 Å². The number of nitrogen functional groups attached to an aromatic ring is 1. The van der Waals surface area contributed by atoms with E-state index in [-0.39, 0.29) is 11.5 Å². The molecule has 0 aliphatic heterocycles. The molecule has 1 aromatic carbocycles. The summed E-state index contributed by atoms with van der Waals surface area (Å²) >= 11 is 0. The first kappa shape index (κ1) is 10.2. The van der Waals surface area contributed by atoms with Crippen molar-refractivity contribution in [3.63, 3.8) is 0 Å². The van der Waals surface area contributed by atoms with E-state index in [0.717, 1.165) is 12.1 Å². The molecule has 2 aromatic rings. The number of H-pyrrole nitrogens is 1. The Labute approximate surface area is 89.0 Å². The average molecular weight is 223 g/mol. The molecule has 0 fully saturated rings. The number of aromatic amines is 1. The zero-order chi connectivity index (χ0) is 11.5. The molecule has 0 unspecified atom stereocenters. The lowest BCUT2D eigenvalue weighted by atomic mass is 10.3. The van der Waals surface area contributed by atoms with E-state index in [2.05, 4.69) is 20.4 Å². The fraction of sp³-hybridized carbons (Fsp3) is 0. The van der Waals surface area contributed by atoms with E-state index < -0.39 is 11.6 Å². The summed E-state index contributed by atoms with van der Waals surface area (Å²) in [6.07, 6.45) is 1.37.